The molecule has 5 heteroatoms. The standard InChI is InChI=1S/C19H25FN4/c1-21-19(23-14-16-8-10-18(20)11-9-16)22-12-13-24(2)15-17-6-4-3-5-7-17/h3-11H,12-15H2,1-2H3,(H2,21,22,23). The molecule has 0 aliphatic rings. The van der Waals surface area contributed by atoms with E-state index in [9.17, 15) is 4.39 Å². The maximum Gasteiger partial charge on any atom is 0.191 e. The summed E-state index contributed by atoms with van der Waals surface area (Å²) < 4.78 is 12.9. The largest absolute Gasteiger partial charge is 0.355 e. The SMILES string of the molecule is CN=C(NCCN(C)Cc1ccccc1)NCc1ccc(F)cc1. The number of rotatable bonds is 7. The van der Waals surface area contributed by atoms with Gasteiger partial charge in [0.1, 0.15) is 5.82 Å². The third kappa shape index (κ3) is 6.38. The summed E-state index contributed by atoms with van der Waals surface area (Å²) in [5.41, 5.74) is 2.32. The van der Waals surface area contributed by atoms with Crippen LogP contribution in [0.15, 0.2) is 59.6 Å². The molecular weight excluding hydrogens is 303 g/mol. The van der Waals surface area contributed by atoms with Gasteiger partial charge in [-0.05, 0) is 30.3 Å². The number of likely N-dealkylation sites (N-methyl/N-ethyl adjacent to an activating group) is 1. The van der Waals surface area contributed by atoms with Crippen molar-refractivity contribution in [1.82, 2.24) is 15.5 Å². The first-order valence-electron chi connectivity index (χ1n) is 8.09. The van der Waals surface area contributed by atoms with Crippen LogP contribution in [-0.4, -0.2) is 38.0 Å². The summed E-state index contributed by atoms with van der Waals surface area (Å²) in [6.07, 6.45) is 0. The fraction of sp³-hybridized carbons (Fsp3) is 0.316. The van der Waals surface area contributed by atoms with Crippen molar-refractivity contribution in [1.29, 1.82) is 0 Å². The second kappa shape index (κ2) is 9.67. The Bertz CT molecular complexity index is 626. The van der Waals surface area contributed by atoms with Crippen LogP contribution in [0.2, 0.25) is 0 Å². The van der Waals surface area contributed by atoms with Gasteiger partial charge < -0.3 is 15.5 Å². The Kier molecular flexibility index (Phi) is 7.23. The number of hydrogen-bond acceptors (Lipinski definition) is 2. The number of nitrogens with one attached hydrogen (secondary N) is 2. The average molecular weight is 328 g/mol. The first-order chi connectivity index (χ1) is 11.7. The topological polar surface area (TPSA) is 39.7 Å². The average Bonchev–Trinajstić information content (AvgIpc) is 2.60. The lowest BCUT2D eigenvalue weighted by Gasteiger charge is -2.18. The Balaban J connectivity index is 1.68. The second-order valence-electron chi connectivity index (χ2n) is 5.70. The zero-order valence-corrected chi connectivity index (χ0v) is 14.3. The molecule has 0 aliphatic carbocycles. The molecule has 4 nitrogen and oxygen atoms in total. The van der Waals surface area contributed by atoms with E-state index in [0.29, 0.717) is 6.54 Å². The summed E-state index contributed by atoms with van der Waals surface area (Å²) in [4.78, 5) is 6.46. The van der Waals surface area contributed by atoms with Crippen molar-refractivity contribution in [3.63, 3.8) is 0 Å². The molecule has 0 atom stereocenters. The van der Waals surface area contributed by atoms with Crippen molar-refractivity contribution in [2.24, 2.45) is 4.99 Å². The van der Waals surface area contributed by atoms with Crippen LogP contribution >= 0.6 is 0 Å². The first-order valence-corrected chi connectivity index (χ1v) is 8.09. The molecule has 0 saturated carbocycles. The number of benzene rings is 2. The number of guanidine groups is 1. The van der Waals surface area contributed by atoms with Crippen LogP contribution in [0.4, 0.5) is 4.39 Å². The molecule has 0 amide bonds. The van der Waals surface area contributed by atoms with Crippen molar-refractivity contribution in [3.05, 3.63) is 71.5 Å². The van der Waals surface area contributed by atoms with Crippen molar-refractivity contribution < 1.29 is 4.39 Å². The predicted molar refractivity (Wildman–Crippen MR) is 97.4 cm³/mol. The van der Waals surface area contributed by atoms with E-state index in [0.717, 1.165) is 31.2 Å². The molecule has 2 aromatic carbocycles. The molecular formula is C19H25FN4. The lowest BCUT2D eigenvalue weighted by atomic mass is 10.2. The monoisotopic (exact) mass is 328 g/mol. The summed E-state index contributed by atoms with van der Waals surface area (Å²) >= 11 is 0. The van der Waals surface area contributed by atoms with E-state index in [1.165, 1.54) is 17.7 Å². The van der Waals surface area contributed by atoms with Crippen molar-refractivity contribution in [2.75, 3.05) is 27.2 Å². The Labute approximate surface area is 143 Å². The summed E-state index contributed by atoms with van der Waals surface area (Å²) in [7, 11) is 3.84. The molecule has 0 spiro atoms. The number of hydrogen-bond donors (Lipinski definition) is 2. The van der Waals surface area contributed by atoms with E-state index in [1.54, 1.807) is 19.2 Å². The van der Waals surface area contributed by atoms with Crippen molar-refractivity contribution in [2.45, 2.75) is 13.1 Å². The minimum Gasteiger partial charge on any atom is -0.355 e. The second-order valence-corrected chi connectivity index (χ2v) is 5.70. The van der Waals surface area contributed by atoms with Gasteiger partial charge in [-0.2, -0.15) is 0 Å². The van der Waals surface area contributed by atoms with Gasteiger partial charge in [0, 0.05) is 33.2 Å². The van der Waals surface area contributed by atoms with Gasteiger partial charge in [-0.15, -0.1) is 0 Å². The van der Waals surface area contributed by atoms with Crippen molar-refractivity contribution in [3.8, 4) is 0 Å². The third-order valence-corrected chi connectivity index (χ3v) is 3.68. The Morgan fingerprint density at radius 3 is 2.38 bits per heavy atom. The Morgan fingerprint density at radius 1 is 1.00 bits per heavy atom. The van der Waals surface area contributed by atoms with E-state index in [2.05, 4.69) is 51.8 Å². The van der Waals surface area contributed by atoms with Gasteiger partial charge in [-0.1, -0.05) is 42.5 Å². The zero-order valence-electron chi connectivity index (χ0n) is 14.3. The molecule has 0 fully saturated rings. The highest BCUT2D eigenvalue weighted by Gasteiger charge is 2.02. The highest BCUT2D eigenvalue weighted by Crippen LogP contribution is 2.02. The zero-order chi connectivity index (χ0) is 17.2. The van der Waals surface area contributed by atoms with Gasteiger partial charge in [0.15, 0.2) is 5.96 Å². The fourth-order valence-corrected chi connectivity index (χ4v) is 2.35. The summed E-state index contributed by atoms with van der Waals surface area (Å²) in [5, 5.41) is 6.52. The molecule has 2 N–H and O–H groups in total. The minimum absolute atomic E-state index is 0.220. The molecule has 128 valence electrons. The fourth-order valence-electron chi connectivity index (χ4n) is 2.35. The van der Waals surface area contributed by atoms with Gasteiger partial charge in [0.05, 0.1) is 0 Å². The molecule has 24 heavy (non-hydrogen) atoms. The third-order valence-electron chi connectivity index (χ3n) is 3.68. The maximum absolute atomic E-state index is 12.9. The molecule has 0 radical (unpaired) electrons. The number of nitrogens with zero attached hydrogens (tertiary/aromatic N) is 2. The van der Waals surface area contributed by atoms with Crippen LogP contribution in [0.25, 0.3) is 0 Å². The Hall–Kier alpha value is -2.40. The summed E-state index contributed by atoms with van der Waals surface area (Å²) in [5.74, 6) is 0.523. The van der Waals surface area contributed by atoms with Crippen LogP contribution in [0.3, 0.4) is 0 Å². The molecule has 0 aliphatic heterocycles. The molecule has 0 saturated heterocycles. The highest BCUT2D eigenvalue weighted by atomic mass is 19.1. The van der Waals surface area contributed by atoms with E-state index >= 15 is 0 Å². The summed E-state index contributed by atoms with van der Waals surface area (Å²) in [6.45, 7) is 3.24. The molecule has 2 aromatic rings. The van der Waals surface area contributed by atoms with Crippen LogP contribution in [0.5, 0.6) is 0 Å². The lowest BCUT2D eigenvalue weighted by molar-refractivity contribution is 0.331. The van der Waals surface area contributed by atoms with Gasteiger partial charge in [-0.25, -0.2) is 4.39 Å². The van der Waals surface area contributed by atoms with E-state index in [1.807, 2.05) is 6.07 Å². The van der Waals surface area contributed by atoms with E-state index in [4.69, 9.17) is 0 Å². The Morgan fingerprint density at radius 2 is 1.71 bits per heavy atom. The quantitative estimate of drug-likeness (QED) is 0.606. The van der Waals surface area contributed by atoms with Crippen LogP contribution < -0.4 is 10.6 Å². The maximum atomic E-state index is 12.9. The lowest BCUT2D eigenvalue weighted by Crippen LogP contribution is -2.40. The normalized spacial score (nSPS) is 11.6. The van der Waals surface area contributed by atoms with Crippen LogP contribution in [0.1, 0.15) is 11.1 Å². The highest BCUT2D eigenvalue weighted by molar-refractivity contribution is 5.79. The molecule has 0 bridgehead atoms. The van der Waals surface area contributed by atoms with E-state index < -0.39 is 0 Å². The van der Waals surface area contributed by atoms with Crippen LogP contribution in [0, 0.1) is 5.82 Å². The molecule has 0 unspecified atom stereocenters. The minimum atomic E-state index is -0.220. The summed E-state index contributed by atoms with van der Waals surface area (Å²) in [6, 6.07) is 16.9. The van der Waals surface area contributed by atoms with Crippen LogP contribution in [-0.2, 0) is 13.1 Å². The number of halogens is 1. The van der Waals surface area contributed by atoms with E-state index in [-0.39, 0.29) is 5.82 Å². The number of aliphatic imine (C=N–C) groups is 1. The van der Waals surface area contributed by atoms with Gasteiger partial charge in [0.25, 0.3) is 0 Å². The molecule has 2 rings (SSSR count). The predicted octanol–water partition coefficient (Wildman–Crippen LogP) is 2.62. The van der Waals surface area contributed by atoms with Gasteiger partial charge >= 0.3 is 0 Å². The smallest absolute Gasteiger partial charge is 0.191 e. The van der Waals surface area contributed by atoms with Crippen molar-refractivity contribution >= 4 is 5.96 Å². The van der Waals surface area contributed by atoms with Gasteiger partial charge in [0.2, 0.25) is 0 Å². The molecule has 0 heterocycles. The van der Waals surface area contributed by atoms with Gasteiger partial charge in [-0.3, -0.25) is 4.99 Å². The first kappa shape index (κ1) is 17.9. The molecule has 0 aromatic heterocycles.